The van der Waals surface area contributed by atoms with Crippen LogP contribution in [0.3, 0.4) is 0 Å². The fourth-order valence-corrected chi connectivity index (χ4v) is 5.05. The summed E-state index contributed by atoms with van der Waals surface area (Å²) in [4.78, 5) is 0.299. The van der Waals surface area contributed by atoms with Crippen molar-refractivity contribution in [1.82, 2.24) is 0 Å². The number of aryl methyl sites for hydroxylation is 1. The van der Waals surface area contributed by atoms with Crippen molar-refractivity contribution in [2.24, 2.45) is 5.92 Å². The Bertz CT molecular complexity index is 804. The van der Waals surface area contributed by atoms with E-state index in [4.69, 9.17) is 0 Å². The first kappa shape index (κ1) is 14.8. The van der Waals surface area contributed by atoms with Crippen LogP contribution in [-0.2, 0) is 16.3 Å². The van der Waals surface area contributed by atoms with Crippen molar-refractivity contribution in [2.75, 3.05) is 0 Å². The Hall–Kier alpha value is -2.12. The zero-order valence-corrected chi connectivity index (χ0v) is 13.1. The number of benzene rings is 2. The van der Waals surface area contributed by atoms with Gasteiger partial charge in [-0.05, 0) is 29.7 Å². The number of hydrogen-bond acceptors (Lipinski definition) is 3. The van der Waals surface area contributed by atoms with E-state index in [9.17, 15) is 13.7 Å². The van der Waals surface area contributed by atoms with Crippen LogP contribution in [0, 0.1) is 17.2 Å². The van der Waals surface area contributed by atoms with Crippen LogP contribution in [0.5, 0.6) is 0 Å². The molecule has 0 N–H and O–H groups in total. The van der Waals surface area contributed by atoms with Crippen LogP contribution in [0.2, 0.25) is 0 Å². The van der Waals surface area contributed by atoms with E-state index >= 15 is 0 Å². The summed E-state index contributed by atoms with van der Waals surface area (Å²) in [5.74, 6) is -0.682. The van der Waals surface area contributed by atoms with Crippen molar-refractivity contribution in [2.45, 2.75) is 29.4 Å². The lowest BCUT2D eigenvalue weighted by Gasteiger charge is -2.04. The molecule has 4 heteroatoms. The molecule has 1 aliphatic carbocycles. The average molecular weight is 311 g/mol. The smallest absolute Gasteiger partial charge is 0.183 e. The average Bonchev–Trinajstić information content (AvgIpc) is 3.31. The minimum Gasteiger partial charge on any atom is -0.223 e. The number of hydrogen-bond donors (Lipinski definition) is 0. The Morgan fingerprint density at radius 1 is 1.05 bits per heavy atom. The first-order valence-corrected chi connectivity index (χ1v) is 8.91. The second kappa shape index (κ2) is 5.58. The molecule has 3 rings (SSSR count). The van der Waals surface area contributed by atoms with Gasteiger partial charge < -0.3 is 0 Å². The number of nitriles is 1. The molecule has 1 saturated carbocycles. The summed E-state index contributed by atoms with van der Waals surface area (Å²) in [6.07, 6.45) is 0.943. The molecule has 0 radical (unpaired) electrons. The first-order chi connectivity index (χ1) is 10.6. The van der Waals surface area contributed by atoms with Crippen molar-refractivity contribution in [1.29, 1.82) is 5.26 Å². The third-order valence-corrected chi connectivity index (χ3v) is 6.54. The molecule has 0 aromatic heterocycles. The maximum atomic E-state index is 12.7. The van der Waals surface area contributed by atoms with Gasteiger partial charge in [0.2, 0.25) is 0 Å². The van der Waals surface area contributed by atoms with E-state index in [1.165, 1.54) is 5.56 Å². The predicted octanol–water partition coefficient (Wildman–Crippen LogP) is 3.33. The van der Waals surface area contributed by atoms with Gasteiger partial charge in [-0.25, -0.2) is 8.42 Å². The summed E-state index contributed by atoms with van der Waals surface area (Å²) in [6.45, 7) is 2.08. The second-order valence-electron chi connectivity index (χ2n) is 5.60. The molecule has 3 atom stereocenters. The zero-order chi connectivity index (χ0) is 15.7. The molecular formula is C18H17NO2S. The van der Waals surface area contributed by atoms with Crippen LogP contribution in [0.4, 0.5) is 0 Å². The van der Waals surface area contributed by atoms with Gasteiger partial charge in [0.15, 0.2) is 9.84 Å². The van der Waals surface area contributed by atoms with Gasteiger partial charge in [0.25, 0.3) is 0 Å². The monoisotopic (exact) mass is 311 g/mol. The van der Waals surface area contributed by atoms with Crippen LogP contribution in [0.25, 0.3) is 0 Å². The maximum Gasteiger partial charge on any atom is 0.183 e. The summed E-state index contributed by atoms with van der Waals surface area (Å²) in [5, 5.41) is 8.67. The standard InChI is InChI=1S/C18H17NO2S/c1-2-13-8-10-14(11-9-13)17-16(12-19)18(17)22(20,21)15-6-4-3-5-7-15/h3-11,16-18H,2H2,1H3. The molecule has 2 aromatic carbocycles. The second-order valence-corrected chi connectivity index (χ2v) is 7.70. The van der Waals surface area contributed by atoms with E-state index in [0.29, 0.717) is 4.90 Å². The highest BCUT2D eigenvalue weighted by molar-refractivity contribution is 7.92. The largest absolute Gasteiger partial charge is 0.223 e. The molecule has 3 nitrogen and oxygen atoms in total. The van der Waals surface area contributed by atoms with E-state index in [1.807, 2.05) is 24.3 Å². The Morgan fingerprint density at radius 3 is 2.23 bits per heavy atom. The van der Waals surface area contributed by atoms with E-state index < -0.39 is 21.0 Å². The summed E-state index contributed by atoms with van der Waals surface area (Å²) in [6, 6.07) is 18.5. The van der Waals surface area contributed by atoms with E-state index in [2.05, 4.69) is 13.0 Å². The van der Waals surface area contributed by atoms with Gasteiger partial charge >= 0.3 is 0 Å². The predicted molar refractivity (Wildman–Crippen MR) is 85.1 cm³/mol. The quantitative estimate of drug-likeness (QED) is 0.870. The summed E-state index contributed by atoms with van der Waals surface area (Å²) >= 11 is 0. The van der Waals surface area contributed by atoms with E-state index in [1.54, 1.807) is 30.3 Å². The topological polar surface area (TPSA) is 57.9 Å². The van der Waals surface area contributed by atoms with Crippen LogP contribution in [0.15, 0.2) is 59.5 Å². The van der Waals surface area contributed by atoms with Gasteiger partial charge in [0, 0.05) is 5.92 Å². The Kier molecular flexibility index (Phi) is 3.76. The molecule has 1 aliphatic rings. The minimum atomic E-state index is -3.46. The molecule has 0 saturated heterocycles. The summed E-state index contributed by atoms with van der Waals surface area (Å²) < 4.78 is 25.4. The van der Waals surface area contributed by atoms with E-state index in [0.717, 1.165) is 12.0 Å². The van der Waals surface area contributed by atoms with Crippen molar-refractivity contribution in [3.8, 4) is 6.07 Å². The molecular weight excluding hydrogens is 294 g/mol. The third-order valence-electron chi connectivity index (χ3n) is 4.31. The van der Waals surface area contributed by atoms with Crippen molar-refractivity contribution in [3.05, 3.63) is 65.7 Å². The Labute approximate surface area is 131 Å². The van der Waals surface area contributed by atoms with Crippen molar-refractivity contribution >= 4 is 9.84 Å². The summed E-state index contributed by atoms with van der Waals surface area (Å²) in [7, 11) is -3.46. The number of rotatable bonds is 4. The third kappa shape index (κ3) is 2.42. The van der Waals surface area contributed by atoms with Crippen LogP contribution in [0.1, 0.15) is 24.0 Å². The molecule has 0 heterocycles. The molecule has 112 valence electrons. The lowest BCUT2D eigenvalue weighted by Crippen LogP contribution is -2.10. The minimum absolute atomic E-state index is 0.221. The Balaban J connectivity index is 1.93. The lowest BCUT2D eigenvalue weighted by molar-refractivity contribution is 0.593. The molecule has 0 bridgehead atoms. The van der Waals surface area contributed by atoms with Crippen LogP contribution >= 0.6 is 0 Å². The Morgan fingerprint density at radius 2 is 1.68 bits per heavy atom. The van der Waals surface area contributed by atoms with Crippen molar-refractivity contribution in [3.63, 3.8) is 0 Å². The first-order valence-electron chi connectivity index (χ1n) is 7.37. The van der Waals surface area contributed by atoms with Gasteiger partial charge in [-0.3, -0.25) is 0 Å². The highest BCUT2D eigenvalue weighted by Gasteiger charge is 2.59. The lowest BCUT2D eigenvalue weighted by atomic mass is 10.1. The molecule has 22 heavy (non-hydrogen) atoms. The van der Waals surface area contributed by atoms with Crippen LogP contribution < -0.4 is 0 Å². The highest BCUT2D eigenvalue weighted by atomic mass is 32.2. The van der Waals surface area contributed by atoms with Gasteiger partial charge in [-0.15, -0.1) is 0 Å². The fraction of sp³-hybridized carbons (Fsp3) is 0.278. The zero-order valence-electron chi connectivity index (χ0n) is 12.3. The van der Waals surface area contributed by atoms with Crippen molar-refractivity contribution < 1.29 is 8.42 Å². The molecule has 0 aliphatic heterocycles. The SMILES string of the molecule is CCc1ccc(C2C(C#N)C2S(=O)(=O)c2ccccc2)cc1. The number of sulfone groups is 1. The highest BCUT2D eigenvalue weighted by Crippen LogP contribution is 2.53. The normalized spacial score (nSPS) is 23.7. The molecule has 1 fully saturated rings. The van der Waals surface area contributed by atoms with Gasteiger partial charge in [-0.1, -0.05) is 49.4 Å². The number of nitrogens with zero attached hydrogens (tertiary/aromatic N) is 1. The molecule has 0 spiro atoms. The molecule has 2 aromatic rings. The van der Waals surface area contributed by atoms with Gasteiger partial charge in [-0.2, -0.15) is 5.26 Å². The van der Waals surface area contributed by atoms with Crippen LogP contribution in [-0.4, -0.2) is 13.7 Å². The van der Waals surface area contributed by atoms with Gasteiger partial charge in [0.1, 0.15) is 0 Å². The maximum absolute atomic E-state index is 12.7. The molecule has 3 unspecified atom stereocenters. The summed E-state index contributed by atoms with van der Waals surface area (Å²) in [5.41, 5.74) is 2.15. The molecule has 0 amide bonds. The van der Waals surface area contributed by atoms with E-state index in [-0.39, 0.29) is 5.92 Å². The van der Waals surface area contributed by atoms with Gasteiger partial charge in [0.05, 0.1) is 22.1 Å². The fourth-order valence-electron chi connectivity index (χ4n) is 2.96.